The minimum Gasteiger partial charge on any atom is -0.494 e. The molecule has 3 aliphatic rings. The van der Waals surface area contributed by atoms with Crippen molar-refractivity contribution in [3.63, 3.8) is 0 Å². The van der Waals surface area contributed by atoms with Gasteiger partial charge in [-0.15, -0.1) is 0 Å². The van der Waals surface area contributed by atoms with E-state index in [2.05, 4.69) is 16.3 Å². The summed E-state index contributed by atoms with van der Waals surface area (Å²) in [7, 11) is 0. The van der Waals surface area contributed by atoms with E-state index in [9.17, 15) is 23.2 Å². The smallest absolute Gasteiger partial charge is 0.389 e. The predicted molar refractivity (Wildman–Crippen MR) is 108 cm³/mol. The van der Waals surface area contributed by atoms with Gasteiger partial charge in [-0.05, 0) is 61.8 Å². The Morgan fingerprint density at radius 3 is 2.71 bits per heavy atom. The number of aryl methyl sites for hydroxylation is 1. The number of benzene rings is 1. The first kappa shape index (κ1) is 21.5. The summed E-state index contributed by atoms with van der Waals surface area (Å²) < 4.78 is 42.4. The van der Waals surface area contributed by atoms with Crippen LogP contribution in [0.5, 0.6) is 5.75 Å². The van der Waals surface area contributed by atoms with E-state index >= 15 is 0 Å². The fourth-order valence-corrected chi connectivity index (χ4v) is 4.97. The van der Waals surface area contributed by atoms with Crippen molar-refractivity contribution in [2.24, 2.45) is 0 Å². The van der Waals surface area contributed by atoms with E-state index in [0.29, 0.717) is 12.2 Å². The van der Waals surface area contributed by atoms with Crippen molar-refractivity contribution < 1.29 is 22.7 Å². The molecule has 1 fully saturated rings. The van der Waals surface area contributed by atoms with E-state index in [-0.39, 0.29) is 24.5 Å². The number of halogens is 3. The molecule has 8 heteroatoms. The third-order valence-corrected chi connectivity index (χ3v) is 6.47. The van der Waals surface area contributed by atoms with Gasteiger partial charge in [-0.25, -0.2) is 0 Å². The number of nitrogens with zero attached hydrogens (tertiary/aromatic N) is 2. The molecule has 0 saturated carbocycles. The Morgan fingerprint density at radius 1 is 1.23 bits per heavy atom. The standard InChI is InChI=1S/C23H26F3N3O2/c24-23(25,26)8-4-12-31-17-5-6-19-16(13-17)7-9-22(19)14-20(18(15-27)21(30)28-22)29-10-2-1-3-11-29/h5-6,13H,1-4,7-12,14H2,(H,28,30). The molecule has 0 bridgehead atoms. The predicted octanol–water partition coefficient (Wildman–Crippen LogP) is 4.33. The van der Waals surface area contributed by atoms with Gasteiger partial charge in [-0.3, -0.25) is 4.79 Å². The molecule has 2 heterocycles. The highest BCUT2D eigenvalue weighted by Gasteiger charge is 2.46. The lowest BCUT2D eigenvalue weighted by molar-refractivity contribution is -0.136. The van der Waals surface area contributed by atoms with Gasteiger partial charge in [0.25, 0.3) is 5.91 Å². The number of fused-ring (bicyclic) bond motifs is 2. The third-order valence-electron chi connectivity index (χ3n) is 6.47. The number of hydrogen-bond donors (Lipinski definition) is 1. The highest BCUT2D eigenvalue weighted by atomic mass is 19.4. The molecule has 2 aliphatic heterocycles. The van der Waals surface area contributed by atoms with Crippen LogP contribution >= 0.6 is 0 Å². The van der Waals surface area contributed by atoms with Crippen LogP contribution in [0.2, 0.25) is 0 Å². The maximum Gasteiger partial charge on any atom is 0.389 e. The molecule has 1 aromatic carbocycles. The van der Waals surface area contributed by atoms with E-state index in [4.69, 9.17) is 4.74 Å². The largest absolute Gasteiger partial charge is 0.494 e. The summed E-state index contributed by atoms with van der Waals surface area (Å²) in [5.41, 5.74) is 2.55. The summed E-state index contributed by atoms with van der Waals surface area (Å²) in [5, 5.41) is 12.7. The van der Waals surface area contributed by atoms with Gasteiger partial charge in [0.2, 0.25) is 0 Å². The zero-order valence-electron chi connectivity index (χ0n) is 17.4. The van der Waals surface area contributed by atoms with Crippen LogP contribution in [0.3, 0.4) is 0 Å². The number of amides is 1. The van der Waals surface area contributed by atoms with E-state index in [0.717, 1.165) is 62.0 Å². The quantitative estimate of drug-likeness (QED) is 0.702. The van der Waals surface area contributed by atoms with Crippen molar-refractivity contribution in [2.45, 2.75) is 63.1 Å². The van der Waals surface area contributed by atoms with Crippen LogP contribution in [0.25, 0.3) is 0 Å². The van der Waals surface area contributed by atoms with Crippen molar-refractivity contribution in [3.05, 3.63) is 40.6 Å². The van der Waals surface area contributed by atoms with Crippen LogP contribution in [0.15, 0.2) is 29.5 Å². The zero-order chi connectivity index (χ0) is 22.1. The number of piperidine rings is 1. The Morgan fingerprint density at radius 2 is 2.00 bits per heavy atom. The Bertz CT molecular complexity index is 929. The van der Waals surface area contributed by atoms with Crippen LogP contribution in [0, 0.1) is 11.3 Å². The number of hydrogen-bond acceptors (Lipinski definition) is 4. The molecular weight excluding hydrogens is 407 g/mol. The van der Waals surface area contributed by atoms with Gasteiger partial charge >= 0.3 is 6.18 Å². The van der Waals surface area contributed by atoms with Crippen molar-refractivity contribution in [3.8, 4) is 11.8 Å². The number of nitriles is 1. The molecule has 4 rings (SSSR count). The number of carbonyl (C=O) groups excluding carboxylic acids is 1. The first-order chi connectivity index (χ1) is 14.8. The summed E-state index contributed by atoms with van der Waals surface area (Å²) in [4.78, 5) is 15.0. The summed E-state index contributed by atoms with van der Waals surface area (Å²) >= 11 is 0. The maximum absolute atomic E-state index is 12.8. The molecule has 1 aromatic rings. The van der Waals surface area contributed by atoms with E-state index in [1.54, 1.807) is 6.07 Å². The summed E-state index contributed by atoms with van der Waals surface area (Å²) in [6.45, 7) is 1.73. The first-order valence-electron chi connectivity index (χ1n) is 10.8. The minimum absolute atomic E-state index is 0.00749. The molecule has 1 amide bonds. The van der Waals surface area contributed by atoms with Gasteiger partial charge in [0, 0.05) is 31.6 Å². The van der Waals surface area contributed by atoms with Gasteiger partial charge in [-0.2, -0.15) is 18.4 Å². The highest BCUT2D eigenvalue weighted by molar-refractivity contribution is 5.99. The van der Waals surface area contributed by atoms with Gasteiger partial charge in [0.05, 0.1) is 12.1 Å². The SMILES string of the molecule is N#CC1=C(N2CCCCC2)CC2(CCc3cc(OCCCC(F)(F)F)ccc32)NC1=O. The summed E-state index contributed by atoms with van der Waals surface area (Å²) in [6, 6.07) is 7.64. The normalized spacial score (nSPS) is 23.5. The Labute approximate surface area is 179 Å². The van der Waals surface area contributed by atoms with Crippen molar-refractivity contribution in [2.75, 3.05) is 19.7 Å². The molecule has 1 saturated heterocycles. The van der Waals surface area contributed by atoms with Crippen molar-refractivity contribution >= 4 is 5.91 Å². The third kappa shape index (κ3) is 4.51. The number of carbonyl (C=O) groups is 1. The second kappa shape index (κ2) is 8.45. The van der Waals surface area contributed by atoms with Gasteiger partial charge in [0.15, 0.2) is 0 Å². The molecule has 0 radical (unpaired) electrons. The van der Waals surface area contributed by atoms with E-state index < -0.39 is 18.1 Å². The molecule has 0 aromatic heterocycles. The molecule has 31 heavy (non-hydrogen) atoms. The minimum atomic E-state index is -4.17. The Kier molecular flexibility index (Phi) is 5.87. The molecule has 1 atom stereocenters. The first-order valence-corrected chi connectivity index (χ1v) is 10.8. The van der Waals surface area contributed by atoms with Crippen LogP contribution in [-0.4, -0.2) is 36.7 Å². The topological polar surface area (TPSA) is 65.4 Å². The lowest BCUT2D eigenvalue weighted by Crippen LogP contribution is -2.51. The van der Waals surface area contributed by atoms with Gasteiger partial charge in [0.1, 0.15) is 17.4 Å². The Balaban J connectivity index is 1.52. The number of nitrogens with one attached hydrogen (secondary N) is 1. The van der Waals surface area contributed by atoms with Gasteiger partial charge in [-0.1, -0.05) is 6.07 Å². The van der Waals surface area contributed by atoms with E-state index in [1.165, 1.54) is 0 Å². The van der Waals surface area contributed by atoms with Crippen LogP contribution in [-0.2, 0) is 16.8 Å². The average Bonchev–Trinajstić information content (AvgIpc) is 3.08. The van der Waals surface area contributed by atoms with Gasteiger partial charge < -0.3 is 15.0 Å². The Hall–Kier alpha value is -2.69. The zero-order valence-corrected chi connectivity index (χ0v) is 17.4. The molecule has 1 N–H and O–H groups in total. The average molecular weight is 433 g/mol. The monoisotopic (exact) mass is 433 g/mol. The number of rotatable bonds is 5. The van der Waals surface area contributed by atoms with Crippen LogP contribution in [0.1, 0.15) is 56.1 Å². The number of alkyl halides is 3. The van der Waals surface area contributed by atoms with Crippen molar-refractivity contribution in [1.29, 1.82) is 5.26 Å². The van der Waals surface area contributed by atoms with Crippen LogP contribution in [0.4, 0.5) is 13.2 Å². The fraction of sp³-hybridized carbons (Fsp3) is 0.565. The number of likely N-dealkylation sites (tertiary alicyclic amines) is 1. The molecular formula is C23H26F3N3O2. The number of ether oxygens (including phenoxy) is 1. The summed E-state index contributed by atoms with van der Waals surface area (Å²) in [6.07, 6.45) is 0.214. The summed E-state index contributed by atoms with van der Waals surface area (Å²) in [5.74, 6) is 0.222. The molecule has 1 aliphatic carbocycles. The highest BCUT2D eigenvalue weighted by Crippen LogP contribution is 2.46. The lowest BCUT2D eigenvalue weighted by Gasteiger charge is -2.41. The molecule has 5 nitrogen and oxygen atoms in total. The van der Waals surface area contributed by atoms with E-state index in [1.807, 2.05) is 12.1 Å². The second-order valence-electron chi connectivity index (χ2n) is 8.58. The molecule has 1 spiro atoms. The maximum atomic E-state index is 12.8. The molecule has 166 valence electrons. The van der Waals surface area contributed by atoms with Crippen molar-refractivity contribution in [1.82, 2.24) is 10.2 Å². The fourth-order valence-electron chi connectivity index (χ4n) is 4.97. The van der Waals surface area contributed by atoms with Crippen LogP contribution < -0.4 is 10.1 Å². The molecule has 1 unspecified atom stereocenters. The second-order valence-corrected chi connectivity index (χ2v) is 8.58. The lowest BCUT2D eigenvalue weighted by atomic mass is 9.82.